The standard InChI is InChI=1S/C19H17F3N4O4S2/c1-11(31-3)24-30-19(29)25(2)32-26(13-9-7-12(20)8-10-13)18(28)23-17(27)16-14(21)5-4-6-15(16)22/h4-10H,1-3H3,(H,23,27,28)/b24-11+. The number of rotatable bonds is 5. The molecule has 0 atom stereocenters. The average molecular weight is 486 g/mol. The van der Waals surface area contributed by atoms with E-state index in [1.807, 2.05) is 5.32 Å². The average Bonchev–Trinajstić information content (AvgIpc) is 2.75. The van der Waals surface area contributed by atoms with Crippen LogP contribution in [0.2, 0.25) is 0 Å². The lowest BCUT2D eigenvalue weighted by Gasteiger charge is -2.24. The molecule has 0 unspecified atom stereocenters. The van der Waals surface area contributed by atoms with Crippen molar-refractivity contribution in [2.24, 2.45) is 5.16 Å². The summed E-state index contributed by atoms with van der Waals surface area (Å²) < 4.78 is 42.7. The number of hydrogen-bond donors (Lipinski definition) is 1. The number of amides is 4. The summed E-state index contributed by atoms with van der Waals surface area (Å²) in [7, 11) is 1.25. The molecule has 2 aromatic rings. The zero-order valence-corrected chi connectivity index (χ0v) is 18.6. The summed E-state index contributed by atoms with van der Waals surface area (Å²) in [5, 5.41) is 5.88. The van der Waals surface area contributed by atoms with Crippen LogP contribution in [-0.4, -0.2) is 40.7 Å². The maximum atomic E-state index is 13.9. The van der Waals surface area contributed by atoms with E-state index in [0.717, 1.165) is 38.9 Å². The summed E-state index contributed by atoms with van der Waals surface area (Å²) in [4.78, 5) is 41.9. The number of thioether (sulfide) groups is 1. The van der Waals surface area contributed by atoms with E-state index in [-0.39, 0.29) is 5.69 Å². The molecule has 0 aliphatic heterocycles. The fraction of sp³-hybridized carbons (Fsp3) is 0.158. The van der Waals surface area contributed by atoms with Gasteiger partial charge >= 0.3 is 12.1 Å². The molecule has 2 aromatic carbocycles. The highest BCUT2D eigenvalue weighted by atomic mass is 32.2. The predicted octanol–water partition coefficient (Wildman–Crippen LogP) is 4.79. The summed E-state index contributed by atoms with van der Waals surface area (Å²) in [5.74, 6) is -4.28. The fourth-order valence-electron chi connectivity index (χ4n) is 2.06. The monoisotopic (exact) mass is 486 g/mol. The van der Waals surface area contributed by atoms with Gasteiger partial charge in [0.25, 0.3) is 5.91 Å². The van der Waals surface area contributed by atoms with Crippen LogP contribution in [-0.2, 0) is 4.84 Å². The van der Waals surface area contributed by atoms with E-state index in [9.17, 15) is 27.6 Å². The normalized spacial score (nSPS) is 11.0. The number of anilines is 1. The van der Waals surface area contributed by atoms with Crippen molar-refractivity contribution in [1.29, 1.82) is 0 Å². The SMILES string of the molecule is CS/C(C)=N/OC(=O)N(C)SN(C(=O)NC(=O)c1c(F)cccc1F)c1ccc(F)cc1. The number of nitrogens with zero attached hydrogens (tertiary/aromatic N) is 3. The van der Waals surface area contributed by atoms with Crippen LogP contribution < -0.4 is 9.62 Å². The first-order chi connectivity index (χ1) is 15.1. The fourth-order valence-corrected chi connectivity index (χ4v) is 2.85. The summed E-state index contributed by atoms with van der Waals surface area (Å²) in [6.07, 6.45) is 0.760. The van der Waals surface area contributed by atoms with Gasteiger partial charge in [-0.25, -0.2) is 31.4 Å². The Bertz CT molecular complexity index is 1020. The molecule has 0 aliphatic carbocycles. The van der Waals surface area contributed by atoms with Crippen LogP contribution in [0.3, 0.4) is 0 Å². The third-order valence-electron chi connectivity index (χ3n) is 3.66. The van der Waals surface area contributed by atoms with Crippen LogP contribution >= 0.6 is 23.9 Å². The van der Waals surface area contributed by atoms with Gasteiger partial charge in [0, 0.05) is 7.05 Å². The number of hydrogen-bond acceptors (Lipinski definition) is 7. The number of oxime groups is 1. The van der Waals surface area contributed by atoms with Crippen LogP contribution in [0.5, 0.6) is 0 Å². The van der Waals surface area contributed by atoms with Gasteiger partial charge in [-0.2, -0.15) is 0 Å². The van der Waals surface area contributed by atoms with Crippen LogP contribution in [0.4, 0.5) is 28.4 Å². The molecule has 170 valence electrons. The molecule has 2 rings (SSSR count). The van der Waals surface area contributed by atoms with E-state index in [0.29, 0.717) is 17.2 Å². The Kier molecular flexibility index (Phi) is 8.96. The van der Waals surface area contributed by atoms with E-state index in [1.54, 1.807) is 13.2 Å². The van der Waals surface area contributed by atoms with Gasteiger partial charge in [-0.3, -0.25) is 14.9 Å². The van der Waals surface area contributed by atoms with Crippen molar-refractivity contribution < 1.29 is 32.4 Å². The Labute approximate surface area is 190 Å². The molecule has 0 bridgehead atoms. The Balaban J connectivity index is 2.25. The maximum absolute atomic E-state index is 13.9. The number of carbonyl (C=O) groups excluding carboxylic acids is 3. The minimum absolute atomic E-state index is 0.0548. The summed E-state index contributed by atoms with van der Waals surface area (Å²) in [6, 6.07) is 6.10. The number of benzene rings is 2. The zero-order chi connectivity index (χ0) is 23.8. The van der Waals surface area contributed by atoms with Crippen LogP contribution in [0.1, 0.15) is 17.3 Å². The van der Waals surface area contributed by atoms with Crippen molar-refractivity contribution >= 4 is 52.7 Å². The number of halogens is 3. The first-order valence-electron chi connectivity index (χ1n) is 8.70. The number of carbonyl (C=O) groups is 3. The third-order valence-corrected chi connectivity index (χ3v) is 5.26. The van der Waals surface area contributed by atoms with Gasteiger partial charge in [-0.1, -0.05) is 11.2 Å². The van der Waals surface area contributed by atoms with Gasteiger partial charge in [0.2, 0.25) is 0 Å². The zero-order valence-electron chi connectivity index (χ0n) is 17.0. The minimum Gasteiger partial charge on any atom is -0.296 e. The van der Waals surface area contributed by atoms with E-state index in [4.69, 9.17) is 4.84 Å². The van der Waals surface area contributed by atoms with Crippen molar-refractivity contribution in [3.8, 4) is 0 Å². The summed E-state index contributed by atoms with van der Waals surface area (Å²) in [5.41, 5.74) is -0.904. The molecule has 0 aromatic heterocycles. The maximum Gasteiger partial charge on any atom is 0.447 e. The molecular formula is C19H17F3N4O4S2. The molecule has 0 spiro atoms. The van der Waals surface area contributed by atoms with E-state index in [1.165, 1.54) is 30.9 Å². The first-order valence-corrected chi connectivity index (χ1v) is 10.7. The molecule has 0 saturated heterocycles. The molecule has 4 amide bonds. The highest BCUT2D eigenvalue weighted by Gasteiger charge is 2.27. The van der Waals surface area contributed by atoms with Gasteiger partial charge in [-0.15, -0.1) is 11.8 Å². The van der Waals surface area contributed by atoms with Crippen molar-refractivity contribution in [3.05, 3.63) is 65.5 Å². The molecule has 0 fully saturated rings. The van der Waals surface area contributed by atoms with Crippen molar-refractivity contribution in [3.63, 3.8) is 0 Å². The Morgan fingerprint density at radius 2 is 1.62 bits per heavy atom. The molecule has 0 aliphatic rings. The van der Waals surface area contributed by atoms with Gasteiger partial charge < -0.3 is 0 Å². The lowest BCUT2D eigenvalue weighted by atomic mass is 10.2. The quantitative estimate of drug-likeness (QED) is 0.215. The van der Waals surface area contributed by atoms with Gasteiger partial charge in [0.1, 0.15) is 28.1 Å². The van der Waals surface area contributed by atoms with Crippen LogP contribution in [0.25, 0.3) is 0 Å². The molecule has 32 heavy (non-hydrogen) atoms. The summed E-state index contributed by atoms with van der Waals surface area (Å²) in [6.45, 7) is 1.61. The van der Waals surface area contributed by atoms with E-state index in [2.05, 4.69) is 5.16 Å². The predicted molar refractivity (Wildman–Crippen MR) is 117 cm³/mol. The highest BCUT2D eigenvalue weighted by molar-refractivity contribution is 8.13. The first kappa shape index (κ1) is 25.1. The van der Waals surface area contributed by atoms with Crippen molar-refractivity contribution in [2.45, 2.75) is 6.92 Å². The van der Waals surface area contributed by atoms with E-state index < -0.39 is 41.0 Å². The number of imide groups is 1. The second kappa shape index (κ2) is 11.4. The van der Waals surface area contributed by atoms with Crippen molar-refractivity contribution in [2.75, 3.05) is 17.6 Å². The summed E-state index contributed by atoms with van der Waals surface area (Å²) >= 11 is 1.71. The van der Waals surface area contributed by atoms with Gasteiger partial charge in [0.05, 0.1) is 17.8 Å². The third kappa shape index (κ3) is 6.65. The minimum atomic E-state index is -1.34. The lowest BCUT2D eigenvalue weighted by Crippen LogP contribution is -2.42. The number of nitrogens with one attached hydrogen (secondary N) is 1. The molecule has 1 N–H and O–H groups in total. The largest absolute Gasteiger partial charge is 0.447 e. The Morgan fingerprint density at radius 1 is 1.03 bits per heavy atom. The molecular weight excluding hydrogens is 469 g/mol. The second-order valence-corrected chi connectivity index (χ2v) is 7.95. The number of urea groups is 1. The van der Waals surface area contributed by atoms with E-state index >= 15 is 0 Å². The van der Waals surface area contributed by atoms with Gasteiger partial charge in [-0.05, 0) is 49.6 Å². The Hall–Kier alpha value is -3.19. The van der Waals surface area contributed by atoms with Gasteiger partial charge in [0.15, 0.2) is 0 Å². The lowest BCUT2D eigenvalue weighted by molar-refractivity contribution is 0.0958. The molecule has 0 heterocycles. The topological polar surface area (TPSA) is 91.3 Å². The Morgan fingerprint density at radius 3 is 2.19 bits per heavy atom. The molecule has 0 radical (unpaired) electrons. The smallest absolute Gasteiger partial charge is 0.296 e. The molecule has 0 saturated carbocycles. The van der Waals surface area contributed by atoms with Crippen molar-refractivity contribution in [1.82, 2.24) is 9.62 Å². The second-order valence-electron chi connectivity index (χ2n) is 5.88. The molecule has 8 nitrogen and oxygen atoms in total. The molecule has 13 heteroatoms. The highest BCUT2D eigenvalue weighted by Crippen LogP contribution is 2.26. The van der Waals surface area contributed by atoms with Crippen LogP contribution in [0.15, 0.2) is 47.6 Å². The van der Waals surface area contributed by atoms with Crippen LogP contribution in [0, 0.1) is 17.5 Å².